The first kappa shape index (κ1) is 12.6. The lowest BCUT2D eigenvalue weighted by Crippen LogP contribution is -1.90. The van der Waals surface area contributed by atoms with Gasteiger partial charge in [0.15, 0.2) is 5.13 Å². The van der Waals surface area contributed by atoms with Crippen molar-refractivity contribution in [1.29, 1.82) is 0 Å². The number of benzene rings is 2. The zero-order valence-corrected chi connectivity index (χ0v) is 12.5. The van der Waals surface area contributed by atoms with Crippen molar-refractivity contribution >= 4 is 48.3 Å². The number of anilines is 2. The molecule has 1 aromatic heterocycles. The van der Waals surface area contributed by atoms with Crippen molar-refractivity contribution in [2.45, 2.75) is 6.92 Å². The van der Waals surface area contributed by atoms with E-state index in [-0.39, 0.29) is 5.82 Å². The normalized spacial score (nSPS) is 10.9. The molecule has 0 amide bonds. The summed E-state index contributed by atoms with van der Waals surface area (Å²) in [6.45, 7) is 2.03. The van der Waals surface area contributed by atoms with Gasteiger partial charge in [-0.1, -0.05) is 23.5 Å². The maximum Gasteiger partial charge on any atom is 0.188 e. The molecule has 0 aliphatic carbocycles. The Balaban J connectivity index is 1.96. The van der Waals surface area contributed by atoms with Crippen LogP contribution in [0.25, 0.3) is 10.2 Å². The zero-order chi connectivity index (χ0) is 13.4. The molecule has 0 aliphatic heterocycles. The maximum atomic E-state index is 13.4. The summed E-state index contributed by atoms with van der Waals surface area (Å²) in [5, 5.41) is 3.90. The summed E-state index contributed by atoms with van der Waals surface area (Å²) < 4.78 is 15.0. The molecule has 0 aliphatic rings. The molecular weight excluding hydrogens is 327 g/mol. The number of para-hydroxylation sites is 1. The number of thiazole rings is 1. The Bertz CT molecular complexity index is 754. The van der Waals surface area contributed by atoms with Crippen LogP contribution in [-0.2, 0) is 0 Å². The molecule has 3 rings (SSSR count). The summed E-state index contributed by atoms with van der Waals surface area (Å²) in [5.74, 6) is -0.290. The minimum absolute atomic E-state index is 0.290. The van der Waals surface area contributed by atoms with E-state index in [0.717, 1.165) is 20.9 Å². The lowest BCUT2D eigenvalue weighted by molar-refractivity contribution is 0.622. The van der Waals surface area contributed by atoms with Gasteiger partial charge in [0.1, 0.15) is 5.82 Å². The van der Waals surface area contributed by atoms with E-state index in [4.69, 9.17) is 0 Å². The fraction of sp³-hybridized carbons (Fsp3) is 0.0714. The van der Waals surface area contributed by atoms with E-state index in [1.165, 1.54) is 6.07 Å². The number of hydrogen-bond donors (Lipinski definition) is 1. The first-order chi connectivity index (χ1) is 9.13. The van der Waals surface area contributed by atoms with E-state index in [9.17, 15) is 4.39 Å². The second-order valence-electron chi connectivity index (χ2n) is 4.19. The highest BCUT2D eigenvalue weighted by Crippen LogP contribution is 2.30. The summed E-state index contributed by atoms with van der Waals surface area (Å²) in [5.41, 5.74) is 2.83. The van der Waals surface area contributed by atoms with Crippen LogP contribution < -0.4 is 5.32 Å². The summed E-state index contributed by atoms with van der Waals surface area (Å²) in [6, 6.07) is 11.0. The molecular formula is C14H10BrFN2S. The van der Waals surface area contributed by atoms with Gasteiger partial charge < -0.3 is 5.32 Å². The Morgan fingerprint density at radius 3 is 2.84 bits per heavy atom. The van der Waals surface area contributed by atoms with Crippen molar-refractivity contribution in [2.75, 3.05) is 5.32 Å². The molecule has 96 valence electrons. The smallest absolute Gasteiger partial charge is 0.188 e. The topological polar surface area (TPSA) is 24.9 Å². The van der Waals surface area contributed by atoms with Crippen molar-refractivity contribution in [3.05, 3.63) is 52.3 Å². The molecule has 19 heavy (non-hydrogen) atoms. The highest BCUT2D eigenvalue weighted by Gasteiger charge is 2.07. The van der Waals surface area contributed by atoms with E-state index in [1.54, 1.807) is 17.4 Å². The van der Waals surface area contributed by atoms with Crippen LogP contribution in [0.1, 0.15) is 5.56 Å². The first-order valence-electron chi connectivity index (χ1n) is 5.72. The standard InChI is InChI=1S/C14H10BrFN2S/c1-8-3-2-4-12-13(8)18-14(19-12)17-9-5-6-10(15)11(16)7-9/h2-7H,1H3,(H,17,18). The maximum absolute atomic E-state index is 13.4. The minimum atomic E-state index is -0.290. The summed E-state index contributed by atoms with van der Waals surface area (Å²) in [4.78, 5) is 4.53. The van der Waals surface area contributed by atoms with Crippen LogP contribution in [0.2, 0.25) is 0 Å². The molecule has 1 N–H and O–H groups in total. The van der Waals surface area contributed by atoms with Crippen LogP contribution >= 0.6 is 27.3 Å². The SMILES string of the molecule is Cc1cccc2sc(Nc3ccc(Br)c(F)c3)nc12. The van der Waals surface area contributed by atoms with Gasteiger partial charge in [0.2, 0.25) is 0 Å². The molecule has 0 radical (unpaired) electrons. The molecule has 5 heteroatoms. The minimum Gasteiger partial charge on any atom is -0.331 e. The third-order valence-electron chi connectivity index (χ3n) is 2.79. The van der Waals surface area contributed by atoms with Gasteiger partial charge in [-0.3, -0.25) is 0 Å². The van der Waals surface area contributed by atoms with Crippen LogP contribution in [0.5, 0.6) is 0 Å². The van der Waals surface area contributed by atoms with Gasteiger partial charge in [-0.05, 0) is 52.7 Å². The molecule has 2 aromatic carbocycles. The van der Waals surface area contributed by atoms with Gasteiger partial charge in [-0.15, -0.1) is 0 Å². The molecule has 2 nitrogen and oxygen atoms in total. The third-order valence-corrected chi connectivity index (χ3v) is 4.37. The molecule has 0 saturated carbocycles. The van der Waals surface area contributed by atoms with Gasteiger partial charge >= 0.3 is 0 Å². The Morgan fingerprint density at radius 1 is 1.26 bits per heavy atom. The average molecular weight is 337 g/mol. The highest BCUT2D eigenvalue weighted by molar-refractivity contribution is 9.10. The van der Waals surface area contributed by atoms with E-state index in [0.29, 0.717) is 10.2 Å². The van der Waals surface area contributed by atoms with Crippen LogP contribution in [-0.4, -0.2) is 4.98 Å². The van der Waals surface area contributed by atoms with Crippen LogP contribution in [0.3, 0.4) is 0 Å². The summed E-state index contributed by atoms with van der Waals surface area (Å²) >= 11 is 4.70. The van der Waals surface area contributed by atoms with Gasteiger partial charge in [0, 0.05) is 5.69 Å². The molecule has 0 fully saturated rings. The molecule has 0 bridgehead atoms. The molecule has 1 heterocycles. The van der Waals surface area contributed by atoms with Gasteiger partial charge in [-0.25, -0.2) is 9.37 Å². The monoisotopic (exact) mass is 336 g/mol. The molecule has 0 saturated heterocycles. The molecule has 0 unspecified atom stereocenters. The first-order valence-corrected chi connectivity index (χ1v) is 7.32. The fourth-order valence-corrected chi connectivity index (χ4v) is 3.05. The number of rotatable bonds is 2. The Hall–Kier alpha value is -1.46. The quantitative estimate of drug-likeness (QED) is 0.691. The van der Waals surface area contributed by atoms with Crippen LogP contribution in [0.4, 0.5) is 15.2 Å². The zero-order valence-electron chi connectivity index (χ0n) is 10.1. The van der Waals surface area contributed by atoms with Crippen molar-refractivity contribution in [1.82, 2.24) is 4.98 Å². The second-order valence-corrected chi connectivity index (χ2v) is 6.08. The Kier molecular flexibility index (Phi) is 3.24. The molecule has 3 aromatic rings. The predicted octanol–water partition coefficient (Wildman–Crippen LogP) is 5.25. The highest BCUT2D eigenvalue weighted by atomic mass is 79.9. The van der Waals surface area contributed by atoms with Crippen molar-refractivity contribution in [3.63, 3.8) is 0 Å². The molecule has 0 spiro atoms. The van der Waals surface area contributed by atoms with Gasteiger partial charge in [0.05, 0.1) is 14.7 Å². The van der Waals surface area contributed by atoms with Crippen LogP contribution in [0, 0.1) is 12.7 Å². The number of hydrogen-bond acceptors (Lipinski definition) is 3. The number of aryl methyl sites for hydroxylation is 1. The van der Waals surface area contributed by atoms with Gasteiger partial charge in [-0.2, -0.15) is 0 Å². The third kappa shape index (κ3) is 2.48. The summed E-state index contributed by atoms with van der Waals surface area (Å²) in [6.07, 6.45) is 0. The summed E-state index contributed by atoms with van der Waals surface area (Å²) in [7, 11) is 0. The lowest BCUT2D eigenvalue weighted by Gasteiger charge is -2.02. The number of nitrogens with one attached hydrogen (secondary N) is 1. The van der Waals surface area contributed by atoms with Crippen molar-refractivity contribution in [3.8, 4) is 0 Å². The van der Waals surface area contributed by atoms with E-state index < -0.39 is 0 Å². The number of halogens is 2. The van der Waals surface area contributed by atoms with E-state index in [2.05, 4.69) is 26.2 Å². The number of aromatic nitrogens is 1. The van der Waals surface area contributed by atoms with E-state index in [1.807, 2.05) is 31.2 Å². The predicted molar refractivity (Wildman–Crippen MR) is 81.7 cm³/mol. The van der Waals surface area contributed by atoms with E-state index >= 15 is 0 Å². The van der Waals surface area contributed by atoms with Crippen molar-refractivity contribution in [2.24, 2.45) is 0 Å². The van der Waals surface area contributed by atoms with Crippen LogP contribution in [0.15, 0.2) is 40.9 Å². The number of fused-ring (bicyclic) bond motifs is 1. The molecule has 0 atom stereocenters. The van der Waals surface area contributed by atoms with Crippen molar-refractivity contribution < 1.29 is 4.39 Å². The largest absolute Gasteiger partial charge is 0.331 e. The average Bonchev–Trinajstić information content (AvgIpc) is 2.78. The second kappa shape index (κ2) is 4.90. The lowest BCUT2D eigenvalue weighted by atomic mass is 10.2. The fourth-order valence-electron chi connectivity index (χ4n) is 1.84. The number of nitrogens with zero attached hydrogens (tertiary/aromatic N) is 1. The Morgan fingerprint density at radius 2 is 2.11 bits per heavy atom. The van der Waals surface area contributed by atoms with Gasteiger partial charge in [0.25, 0.3) is 0 Å². The Labute approximate surface area is 122 Å².